The van der Waals surface area contributed by atoms with Crippen molar-refractivity contribution in [3.63, 3.8) is 0 Å². The summed E-state index contributed by atoms with van der Waals surface area (Å²) in [4.78, 5) is 20.2. The molecule has 3 aromatic rings. The predicted octanol–water partition coefficient (Wildman–Crippen LogP) is 4.61. The van der Waals surface area contributed by atoms with Crippen LogP contribution in [0.2, 0.25) is 0 Å². The maximum atomic E-state index is 15.8. The highest BCUT2D eigenvalue weighted by molar-refractivity contribution is 7.52. The molecule has 0 spiro atoms. The molecule has 1 aliphatic rings. The molecule has 1 saturated heterocycles. The Kier molecular flexibility index (Phi) is 9.40. The second-order valence-corrected chi connectivity index (χ2v) is 10.3. The first-order chi connectivity index (χ1) is 17.4. The summed E-state index contributed by atoms with van der Waals surface area (Å²) in [6.45, 7) is 0.0572. The van der Waals surface area contributed by atoms with Crippen LogP contribution in [0.25, 0.3) is 0 Å². The van der Waals surface area contributed by atoms with Gasteiger partial charge in [0.25, 0.3) is 0 Å². The Morgan fingerprint density at radius 1 is 0.722 bits per heavy atom. The number of benzene rings is 3. The summed E-state index contributed by atoms with van der Waals surface area (Å²) in [6.07, 6.45) is -5.61. The van der Waals surface area contributed by atoms with Crippen molar-refractivity contribution in [3.05, 3.63) is 108 Å². The van der Waals surface area contributed by atoms with E-state index < -0.39 is 37.9 Å². The van der Waals surface area contributed by atoms with Crippen molar-refractivity contribution in [2.45, 2.75) is 50.1 Å². The fraction of sp³-hybridized carbons (Fsp3) is 0.333. The molecule has 0 saturated carbocycles. The molecule has 4 rings (SSSR count). The Bertz CT molecular complexity index is 1100. The Morgan fingerprint density at radius 3 is 1.64 bits per heavy atom. The second kappa shape index (κ2) is 12.7. The average molecular weight is 517 g/mol. The average Bonchev–Trinajstić information content (AvgIpc) is 2.89. The summed E-state index contributed by atoms with van der Waals surface area (Å²) in [5.41, 5.74) is 2.45. The zero-order valence-corrected chi connectivity index (χ0v) is 20.5. The molecule has 1 fully saturated rings. The highest BCUT2D eigenvalue weighted by atomic mass is 31.2. The number of rotatable bonds is 11. The molecular weight excluding hydrogens is 486 g/mol. The Labute approximate surface area is 209 Å². The van der Waals surface area contributed by atoms with E-state index in [-0.39, 0.29) is 26.4 Å². The minimum Gasteiger partial charge on any atom is -0.374 e. The summed E-state index contributed by atoms with van der Waals surface area (Å²) in [5, 5.41) is 0. The lowest BCUT2D eigenvalue weighted by Gasteiger charge is -2.43. The van der Waals surface area contributed by atoms with Crippen LogP contribution in [0.1, 0.15) is 16.7 Å². The van der Waals surface area contributed by atoms with Crippen molar-refractivity contribution in [2.24, 2.45) is 0 Å². The standard InChI is InChI=1S/C27H30FO7P/c28-24-23(19-32-16-20-10-4-1-5-11-20)35-27(36(29,30)31)26(34-18-22-14-8-3-9-15-22)25(24)33-17-21-12-6-2-7-13-21/h1-15,23-27H,16-19H2,(H2,29,30,31)/t23-,24+,25+,26-,27-/m1/s1. The molecule has 0 amide bonds. The zero-order valence-electron chi connectivity index (χ0n) is 19.6. The normalized spacial score (nSPS) is 24.5. The Morgan fingerprint density at radius 2 is 1.17 bits per heavy atom. The SMILES string of the molecule is O=P(O)(O)[C@H]1O[C@H](COCc2ccccc2)[C@H](F)[C@H](OCc2ccccc2)[C@H]1OCc1ccccc1. The molecule has 9 heteroatoms. The van der Waals surface area contributed by atoms with Crippen LogP contribution in [-0.4, -0.2) is 46.7 Å². The topological polar surface area (TPSA) is 94.5 Å². The first-order valence-electron chi connectivity index (χ1n) is 11.7. The van der Waals surface area contributed by atoms with Gasteiger partial charge < -0.3 is 28.7 Å². The molecule has 0 aliphatic carbocycles. The van der Waals surface area contributed by atoms with E-state index in [9.17, 15) is 14.4 Å². The molecule has 1 heterocycles. The maximum Gasteiger partial charge on any atom is 0.356 e. The monoisotopic (exact) mass is 516 g/mol. The van der Waals surface area contributed by atoms with Crippen LogP contribution in [-0.2, 0) is 43.3 Å². The van der Waals surface area contributed by atoms with E-state index in [1.807, 2.05) is 91.0 Å². The molecule has 1 aliphatic heterocycles. The highest BCUT2D eigenvalue weighted by Gasteiger charge is 2.54. The number of alkyl halides is 1. The van der Waals surface area contributed by atoms with Crippen molar-refractivity contribution in [2.75, 3.05) is 6.61 Å². The third-order valence-corrected chi connectivity index (χ3v) is 6.96. The smallest absolute Gasteiger partial charge is 0.356 e. The van der Waals surface area contributed by atoms with E-state index >= 15 is 4.39 Å². The lowest BCUT2D eigenvalue weighted by Crippen LogP contribution is -2.58. The van der Waals surface area contributed by atoms with Gasteiger partial charge in [-0.25, -0.2) is 4.39 Å². The number of ether oxygens (including phenoxy) is 4. The highest BCUT2D eigenvalue weighted by Crippen LogP contribution is 2.49. The third-order valence-electron chi connectivity index (χ3n) is 5.88. The Hall–Kier alpha value is -2.42. The number of hydrogen-bond donors (Lipinski definition) is 2. The van der Waals surface area contributed by atoms with Gasteiger partial charge in [-0.3, -0.25) is 4.57 Å². The summed E-state index contributed by atoms with van der Waals surface area (Å²) in [7, 11) is -4.86. The van der Waals surface area contributed by atoms with Gasteiger partial charge in [0.1, 0.15) is 18.3 Å². The summed E-state index contributed by atoms with van der Waals surface area (Å²) < 4.78 is 51.3. The van der Waals surface area contributed by atoms with Gasteiger partial charge in [-0.15, -0.1) is 0 Å². The minimum atomic E-state index is -4.86. The second-order valence-electron chi connectivity index (χ2n) is 8.62. The first-order valence-corrected chi connectivity index (χ1v) is 13.4. The molecule has 0 radical (unpaired) electrons. The molecule has 0 bridgehead atoms. The van der Waals surface area contributed by atoms with E-state index in [0.29, 0.717) is 0 Å². The first kappa shape index (κ1) is 26.6. The van der Waals surface area contributed by atoms with Gasteiger partial charge in [0, 0.05) is 0 Å². The van der Waals surface area contributed by atoms with Gasteiger partial charge in [0.2, 0.25) is 0 Å². The lowest BCUT2D eigenvalue weighted by molar-refractivity contribution is -0.229. The van der Waals surface area contributed by atoms with Crippen LogP contribution >= 0.6 is 7.60 Å². The number of hydrogen-bond acceptors (Lipinski definition) is 5. The van der Waals surface area contributed by atoms with Crippen LogP contribution in [0.15, 0.2) is 91.0 Å². The largest absolute Gasteiger partial charge is 0.374 e. The van der Waals surface area contributed by atoms with E-state index in [2.05, 4.69) is 0 Å². The van der Waals surface area contributed by atoms with E-state index in [4.69, 9.17) is 18.9 Å². The molecule has 3 aromatic carbocycles. The molecule has 0 unspecified atom stereocenters. The summed E-state index contributed by atoms with van der Waals surface area (Å²) in [5.74, 6) is -1.71. The van der Waals surface area contributed by atoms with Crippen LogP contribution < -0.4 is 0 Å². The van der Waals surface area contributed by atoms with Gasteiger partial charge in [-0.05, 0) is 16.7 Å². The summed E-state index contributed by atoms with van der Waals surface area (Å²) >= 11 is 0. The lowest BCUT2D eigenvalue weighted by atomic mass is 10.0. The van der Waals surface area contributed by atoms with Crippen LogP contribution in [0.3, 0.4) is 0 Å². The Balaban J connectivity index is 1.52. The molecule has 0 aromatic heterocycles. The van der Waals surface area contributed by atoms with Crippen LogP contribution in [0.5, 0.6) is 0 Å². The maximum absolute atomic E-state index is 15.8. The fourth-order valence-electron chi connectivity index (χ4n) is 4.05. The van der Waals surface area contributed by atoms with E-state index in [1.54, 1.807) is 0 Å². The van der Waals surface area contributed by atoms with Crippen LogP contribution in [0, 0.1) is 0 Å². The minimum absolute atomic E-state index is 0.0124. The zero-order chi connectivity index (χ0) is 25.4. The van der Waals surface area contributed by atoms with Crippen molar-refractivity contribution in [3.8, 4) is 0 Å². The van der Waals surface area contributed by atoms with Gasteiger partial charge in [0.05, 0.1) is 26.4 Å². The quantitative estimate of drug-likeness (QED) is 0.360. The molecule has 5 atom stereocenters. The van der Waals surface area contributed by atoms with Gasteiger partial charge >= 0.3 is 7.60 Å². The van der Waals surface area contributed by atoms with Gasteiger partial charge in [-0.2, -0.15) is 0 Å². The third kappa shape index (κ3) is 7.31. The number of halogens is 1. The van der Waals surface area contributed by atoms with Crippen molar-refractivity contribution in [1.82, 2.24) is 0 Å². The van der Waals surface area contributed by atoms with E-state index in [1.165, 1.54) is 0 Å². The molecular formula is C27H30FO7P. The van der Waals surface area contributed by atoms with Gasteiger partial charge in [0.15, 0.2) is 12.0 Å². The van der Waals surface area contributed by atoms with Crippen LogP contribution in [0.4, 0.5) is 4.39 Å². The summed E-state index contributed by atoms with van der Waals surface area (Å²) in [6, 6.07) is 27.6. The molecule has 192 valence electrons. The van der Waals surface area contributed by atoms with Crippen molar-refractivity contribution >= 4 is 7.60 Å². The van der Waals surface area contributed by atoms with E-state index in [0.717, 1.165) is 16.7 Å². The van der Waals surface area contributed by atoms with Crippen molar-refractivity contribution in [1.29, 1.82) is 0 Å². The van der Waals surface area contributed by atoms with Crippen molar-refractivity contribution < 1.29 is 37.7 Å². The molecule has 7 nitrogen and oxygen atoms in total. The van der Waals surface area contributed by atoms with Gasteiger partial charge in [-0.1, -0.05) is 91.0 Å². The predicted molar refractivity (Wildman–Crippen MR) is 132 cm³/mol. The molecule has 2 N–H and O–H groups in total. The fourth-order valence-corrected chi connectivity index (χ4v) is 5.01. The molecule has 36 heavy (non-hydrogen) atoms.